The van der Waals surface area contributed by atoms with Crippen molar-refractivity contribution in [2.45, 2.75) is 63.9 Å². The van der Waals surface area contributed by atoms with Crippen molar-refractivity contribution < 1.29 is 22.3 Å². The fourth-order valence-electron chi connectivity index (χ4n) is 4.89. The van der Waals surface area contributed by atoms with Crippen LogP contribution in [0, 0.1) is 23.3 Å². The number of unbranched alkanes of at least 4 members (excludes halogenated alkanes) is 1. The molecule has 0 bridgehead atoms. The Balaban J connectivity index is 1.52. The topological polar surface area (TPSA) is 9.23 Å². The summed E-state index contributed by atoms with van der Waals surface area (Å²) >= 11 is 0. The molecule has 36 heavy (non-hydrogen) atoms. The highest BCUT2D eigenvalue weighted by atomic mass is 19.2. The third-order valence-corrected chi connectivity index (χ3v) is 7.08. The van der Waals surface area contributed by atoms with Crippen LogP contribution < -0.4 is 0 Å². The Bertz CT molecular complexity index is 1190. The second-order valence-electron chi connectivity index (χ2n) is 9.51. The van der Waals surface area contributed by atoms with Crippen LogP contribution in [0.1, 0.15) is 62.5 Å². The van der Waals surface area contributed by atoms with Crippen molar-refractivity contribution in [3.8, 4) is 22.3 Å². The van der Waals surface area contributed by atoms with E-state index in [0.717, 1.165) is 38.5 Å². The lowest BCUT2D eigenvalue weighted by atomic mass is 9.88. The van der Waals surface area contributed by atoms with E-state index in [1.54, 1.807) is 48.5 Å². The highest BCUT2D eigenvalue weighted by Gasteiger charge is 2.27. The van der Waals surface area contributed by atoms with Crippen LogP contribution in [0.4, 0.5) is 17.6 Å². The minimum atomic E-state index is -0.911. The van der Waals surface area contributed by atoms with Crippen LogP contribution in [0.15, 0.2) is 61.2 Å². The van der Waals surface area contributed by atoms with Gasteiger partial charge in [0.25, 0.3) is 0 Å². The van der Waals surface area contributed by atoms with Gasteiger partial charge in [0, 0.05) is 17.0 Å². The lowest BCUT2D eigenvalue weighted by Gasteiger charge is -2.29. The minimum absolute atomic E-state index is 0.130. The van der Waals surface area contributed by atoms with E-state index in [-0.39, 0.29) is 23.1 Å². The number of hydrogen-bond donors (Lipinski definition) is 0. The van der Waals surface area contributed by atoms with Crippen molar-refractivity contribution in [3.63, 3.8) is 0 Å². The summed E-state index contributed by atoms with van der Waals surface area (Å²) in [5, 5.41) is 0. The summed E-state index contributed by atoms with van der Waals surface area (Å²) in [5.41, 5.74) is 1.90. The summed E-state index contributed by atoms with van der Waals surface area (Å²) in [6.07, 6.45) is 7.47. The van der Waals surface area contributed by atoms with Gasteiger partial charge >= 0.3 is 0 Å². The molecule has 3 aromatic rings. The average molecular weight is 497 g/mol. The summed E-state index contributed by atoms with van der Waals surface area (Å²) in [6, 6.07) is 12.8. The third-order valence-electron chi connectivity index (χ3n) is 7.08. The zero-order valence-corrected chi connectivity index (χ0v) is 20.6. The molecule has 2 unspecified atom stereocenters. The molecule has 3 aromatic carbocycles. The number of rotatable bonds is 9. The molecule has 190 valence electrons. The second kappa shape index (κ2) is 11.9. The van der Waals surface area contributed by atoms with Gasteiger partial charge in [-0.05, 0) is 60.8 Å². The monoisotopic (exact) mass is 496 g/mol. The molecule has 1 heterocycles. The van der Waals surface area contributed by atoms with Gasteiger partial charge in [-0.1, -0.05) is 68.0 Å². The van der Waals surface area contributed by atoms with Crippen LogP contribution in [0.25, 0.3) is 22.3 Å². The third kappa shape index (κ3) is 5.57. The number of hydrogen-bond acceptors (Lipinski definition) is 1. The zero-order chi connectivity index (χ0) is 25.7. The maximum absolute atomic E-state index is 15.1. The fourth-order valence-corrected chi connectivity index (χ4v) is 4.89. The van der Waals surface area contributed by atoms with Crippen LogP contribution >= 0.6 is 0 Å². The van der Waals surface area contributed by atoms with Gasteiger partial charge in [-0.2, -0.15) is 0 Å². The van der Waals surface area contributed by atoms with E-state index < -0.39 is 23.3 Å². The molecule has 4 rings (SSSR count). The predicted molar refractivity (Wildman–Crippen MR) is 137 cm³/mol. The lowest BCUT2D eigenvalue weighted by molar-refractivity contribution is -0.000881. The first-order valence-corrected chi connectivity index (χ1v) is 12.7. The summed E-state index contributed by atoms with van der Waals surface area (Å²) in [4.78, 5) is 0. The quantitative estimate of drug-likeness (QED) is 0.212. The van der Waals surface area contributed by atoms with Gasteiger partial charge < -0.3 is 4.74 Å². The smallest absolute Gasteiger partial charge is 0.166 e. The minimum Gasteiger partial charge on any atom is -0.378 e. The largest absolute Gasteiger partial charge is 0.378 e. The second-order valence-corrected chi connectivity index (χ2v) is 9.51. The van der Waals surface area contributed by atoms with E-state index in [4.69, 9.17) is 4.74 Å². The molecule has 1 nitrogen and oxygen atoms in total. The van der Waals surface area contributed by atoms with E-state index >= 15 is 8.78 Å². The van der Waals surface area contributed by atoms with E-state index in [0.29, 0.717) is 35.3 Å². The summed E-state index contributed by atoms with van der Waals surface area (Å²) in [5.74, 6) is -3.67. The predicted octanol–water partition coefficient (Wildman–Crippen LogP) is 9.15. The summed E-state index contributed by atoms with van der Waals surface area (Å²) in [6.45, 7) is 6.09. The standard InChI is InChI=1S/C31H32F4O/c1-3-5-7-22-14-16-25(29(33)28(22)32)20-9-11-21(12-10-20)26-17-18-27(31(35)30(26)34)23-13-15-24(36-19-23)8-6-4-2/h4,9-12,14,16-18,23-24H,2-3,5-8,13,15,19H2,1H3. The van der Waals surface area contributed by atoms with Crippen molar-refractivity contribution >= 4 is 0 Å². The Kier molecular flexibility index (Phi) is 8.63. The molecule has 1 fully saturated rings. The Morgan fingerprint density at radius 2 is 1.47 bits per heavy atom. The number of aryl methyl sites for hydroxylation is 1. The van der Waals surface area contributed by atoms with Gasteiger partial charge in [-0.25, -0.2) is 17.6 Å². The molecule has 0 radical (unpaired) electrons. The van der Waals surface area contributed by atoms with Crippen molar-refractivity contribution in [1.29, 1.82) is 0 Å². The van der Waals surface area contributed by atoms with E-state index in [9.17, 15) is 8.78 Å². The summed E-state index contributed by atoms with van der Waals surface area (Å²) in [7, 11) is 0. The normalized spacial score (nSPS) is 17.8. The summed E-state index contributed by atoms with van der Waals surface area (Å²) < 4.78 is 65.2. The van der Waals surface area contributed by atoms with Crippen molar-refractivity contribution in [2.75, 3.05) is 6.61 Å². The number of allylic oxidation sites excluding steroid dienone is 1. The van der Waals surface area contributed by atoms with Gasteiger partial charge in [0.15, 0.2) is 23.3 Å². The van der Waals surface area contributed by atoms with E-state index in [1.807, 2.05) is 13.0 Å². The van der Waals surface area contributed by atoms with Crippen LogP contribution in [0.2, 0.25) is 0 Å². The molecule has 2 atom stereocenters. The van der Waals surface area contributed by atoms with Crippen molar-refractivity contribution in [2.24, 2.45) is 0 Å². The molecule has 0 amide bonds. The average Bonchev–Trinajstić information content (AvgIpc) is 2.90. The molecular weight excluding hydrogens is 464 g/mol. The Labute approximate surface area is 210 Å². The highest BCUT2D eigenvalue weighted by molar-refractivity contribution is 5.71. The Morgan fingerprint density at radius 3 is 2.06 bits per heavy atom. The first-order chi connectivity index (χ1) is 17.4. The van der Waals surface area contributed by atoms with Crippen LogP contribution in [0.5, 0.6) is 0 Å². The fraction of sp³-hybridized carbons (Fsp3) is 0.355. The number of benzene rings is 3. The molecule has 0 N–H and O–H groups in total. The SMILES string of the molecule is C=CCCC1CCC(c2ccc(-c3ccc(-c4ccc(CCCC)c(F)c4F)cc3)c(F)c2F)CO1. The van der Waals surface area contributed by atoms with Crippen molar-refractivity contribution in [3.05, 3.63) is 95.6 Å². The molecule has 0 saturated carbocycles. The molecule has 1 aliphatic rings. The lowest BCUT2D eigenvalue weighted by Crippen LogP contribution is -2.25. The first-order valence-electron chi connectivity index (χ1n) is 12.7. The van der Waals surface area contributed by atoms with Gasteiger partial charge in [0.1, 0.15) is 0 Å². The van der Waals surface area contributed by atoms with Crippen LogP contribution in [-0.2, 0) is 11.2 Å². The van der Waals surface area contributed by atoms with Gasteiger partial charge in [0.2, 0.25) is 0 Å². The molecule has 0 spiro atoms. The molecule has 1 saturated heterocycles. The van der Waals surface area contributed by atoms with Crippen molar-refractivity contribution in [1.82, 2.24) is 0 Å². The number of ether oxygens (including phenoxy) is 1. The molecule has 0 aromatic heterocycles. The van der Waals surface area contributed by atoms with Gasteiger partial charge in [-0.15, -0.1) is 6.58 Å². The van der Waals surface area contributed by atoms with Gasteiger partial charge in [-0.3, -0.25) is 0 Å². The Hall–Kier alpha value is -2.92. The Morgan fingerprint density at radius 1 is 0.833 bits per heavy atom. The maximum Gasteiger partial charge on any atom is 0.166 e. The van der Waals surface area contributed by atoms with E-state index in [2.05, 4.69) is 6.58 Å². The van der Waals surface area contributed by atoms with E-state index in [1.165, 1.54) is 0 Å². The zero-order valence-electron chi connectivity index (χ0n) is 20.6. The highest BCUT2D eigenvalue weighted by Crippen LogP contribution is 2.36. The molecule has 5 heteroatoms. The first kappa shape index (κ1) is 26.2. The van der Waals surface area contributed by atoms with Crippen LogP contribution in [0.3, 0.4) is 0 Å². The molecular formula is C31H32F4O. The van der Waals surface area contributed by atoms with Crippen LogP contribution in [-0.4, -0.2) is 12.7 Å². The number of halogens is 4. The molecule has 0 aliphatic carbocycles. The maximum atomic E-state index is 15.1. The van der Waals surface area contributed by atoms with Gasteiger partial charge in [0.05, 0.1) is 12.7 Å². The molecule has 1 aliphatic heterocycles.